The molecular weight excluding hydrogens is 712 g/mol. The quantitative estimate of drug-likeness (QED) is 0.119. The molecule has 13 nitrogen and oxygen atoms in total. The fraction of sp³-hybridized carbons (Fsp3) is 0.952. The van der Waals surface area contributed by atoms with E-state index in [1.165, 1.54) is 14.2 Å². The Morgan fingerprint density at radius 1 is 0.691 bits per heavy atom. The summed E-state index contributed by atoms with van der Waals surface area (Å²) in [5, 5.41) is 74.2. The van der Waals surface area contributed by atoms with E-state index in [9.17, 15) is 35.7 Å². The van der Waals surface area contributed by atoms with E-state index < -0.39 is 67.4 Å². The first-order chi connectivity index (χ1) is 25.7. The molecule has 6 aliphatic rings. The molecule has 7 N–H and O–H groups in total. The van der Waals surface area contributed by atoms with Gasteiger partial charge in [-0.1, -0.05) is 46.3 Å². The summed E-state index contributed by atoms with van der Waals surface area (Å²) in [4.78, 5) is 0. The minimum atomic E-state index is -1.45. The van der Waals surface area contributed by atoms with Crippen molar-refractivity contribution < 1.29 is 64.2 Å². The van der Waals surface area contributed by atoms with Crippen LogP contribution in [0.2, 0.25) is 0 Å². The molecule has 2 aliphatic heterocycles. The van der Waals surface area contributed by atoms with Gasteiger partial charge < -0.3 is 64.2 Å². The highest BCUT2D eigenvalue weighted by atomic mass is 16.8. The maximum atomic E-state index is 12.1. The summed E-state index contributed by atoms with van der Waals surface area (Å²) in [5.41, 5.74) is 0.157. The Morgan fingerprint density at radius 2 is 1.25 bits per heavy atom. The van der Waals surface area contributed by atoms with Crippen molar-refractivity contribution in [3.8, 4) is 0 Å². The Balaban J connectivity index is 1.08. The van der Waals surface area contributed by atoms with Gasteiger partial charge in [-0.3, -0.25) is 0 Å². The maximum Gasteiger partial charge on any atom is 0.189 e. The standard InChI is InChI=1S/C42H72O13/c1-22(21-52-36-32(47)28(43)30(45)34(50-8)54-36)11-10-17-42(7,49)24-14-19-40(5)23(24)12-13-26-39(4)18-16-27(38(2,3)25(39)15-20-41(26,40)6)53-37-33(48)29(44)31(46)35(51-9)55-37/h11,23-37,43-49H,10,12-21H2,1-9H3. The minimum Gasteiger partial charge on any atom is -0.390 e. The molecule has 4 saturated carbocycles. The fourth-order valence-electron chi connectivity index (χ4n) is 13.2. The van der Waals surface area contributed by atoms with Crippen LogP contribution in [0, 0.1) is 45.3 Å². The summed E-state index contributed by atoms with van der Waals surface area (Å²) in [7, 11) is 2.74. The topological polar surface area (TPSA) is 197 Å². The van der Waals surface area contributed by atoms with Crippen LogP contribution in [0.4, 0.5) is 0 Å². The van der Waals surface area contributed by atoms with Gasteiger partial charge >= 0.3 is 0 Å². The van der Waals surface area contributed by atoms with Gasteiger partial charge in [0.1, 0.15) is 36.6 Å². The van der Waals surface area contributed by atoms with Crippen molar-refractivity contribution in [1.29, 1.82) is 0 Å². The van der Waals surface area contributed by atoms with Gasteiger partial charge in [0.05, 0.1) is 18.3 Å². The van der Waals surface area contributed by atoms with Crippen LogP contribution in [0.1, 0.15) is 113 Å². The van der Waals surface area contributed by atoms with Crippen molar-refractivity contribution >= 4 is 0 Å². The van der Waals surface area contributed by atoms with Gasteiger partial charge in [0.25, 0.3) is 0 Å². The Kier molecular flexibility index (Phi) is 12.7. The number of aliphatic hydroxyl groups is 7. The van der Waals surface area contributed by atoms with Crippen LogP contribution in [-0.2, 0) is 28.4 Å². The van der Waals surface area contributed by atoms with Crippen molar-refractivity contribution in [1.82, 2.24) is 0 Å². The highest BCUT2D eigenvalue weighted by molar-refractivity contribution is 5.18. The number of aliphatic hydroxyl groups excluding tert-OH is 6. The zero-order valence-corrected chi connectivity index (χ0v) is 34.6. The van der Waals surface area contributed by atoms with E-state index in [1.54, 1.807) is 0 Å². The molecule has 6 rings (SSSR count). The normalized spacial score (nSPS) is 51.1. The molecule has 2 heterocycles. The lowest BCUT2D eigenvalue weighted by molar-refractivity contribution is -0.364. The Labute approximate surface area is 327 Å². The summed E-state index contributed by atoms with van der Waals surface area (Å²) in [6, 6.07) is 0. The first-order valence-corrected chi connectivity index (χ1v) is 20.8. The van der Waals surface area contributed by atoms with E-state index in [4.69, 9.17) is 28.4 Å². The molecule has 318 valence electrons. The summed E-state index contributed by atoms with van der Waals surface area (Å²) >= 11 is 0. The number of hydrogen-bond acceptors (Lipinski definition) is 13. The molecule has 0 bridgehead atoms. The van der Waals surface area contributed by atoms with Crippen molar-refractivity contribution in [3.05, 3.63) is 11.6 Å². The van der Waals surface area contributed by atoms with Gasteiger partial charge in [0.2, 0.25) is 0 Å². The van der Waals surface area contributed by atoms with E-state index in [-0.39, 0.29) is 40.3 Å². The molecule has 19 atom stereocenters. The maximum absolute atomic E-state index is 12.1. The van der Waals surface area contributed by atoms with Crippen molar-refractivity contribution in [3.63, 3.8) is 0 Å². The first kappa shape index (κ1) is 43.8. The molecule has 4 aliphatic carbocycles. The SMILES string of the molecule is COC1OC(OCC(C)=CCCC(C)(O)C2CCC3(C)C2CCC2C4(C)CCC(OC5OC(OC)C(O)C(O)C5O)C(C)(C)C4CCC23C)C(O)C(O)C1O. The molecule has 0 spiro atoms. The van der Waals surface area contributed by atoms with Crippen LogP contribution in [0.5, 0.6) is 0 Å². The molecular formula is C42H72O13. The van der Waals surface area contributed by atoms with Crippen LogP contribution in [0.25, 0.3) is 0 Å². The molecule has 2 saturated heterocycles. The summed E-state index contributed by atoms with van der Waals surface area (Å²) in [6.45, 7) is 16.3. The number of rotatable bonds is 11. The summed E-state index contributed by atoms with van der Waals surface area (Å²) < 4.78 is 33.9. The highest BCUT2D eigenvalue weighted by Crippen LogP contribution is 2.76. The van der Waals surface area contributed by atoms with Crippen molar-refractivity contribution in [2.45, 2.75) is 186 Å². The molecule has 0 aromatic carbocycles. The zero-order chi connectivity index (χ0) is 40.5. The van der Waals surface area contributed by atoms with Gasteiger partial charge in [-0.25, -0.2) is 0 Å². The van der Waals surface area contributed by atoms with E-state index >= 15 is 0 Å². The van der Waals surface area contributed by atoms with Crippen LogP contribution in [0.15, 0.2) is 11.6 Å². The van der Waals surface area contributed by atoms with E-state index in [0.717, 1.165) is 56.9 Å². The number of ether oxygens (including phenoxy) is 6. The second-order valence-corrected chi connectivity index (χ2v) is 19.7. The molecule has 0 aromatic heterocycles. The van der Waals surface area contributed by atoms with Crippen LogP contribution < -0.4 is 0 Å². The lowest BCUT2D eigenvalue weighted by Gasteiger charge is -2.70. The average Bonchev–Trinajstić information content (AvgIpc) is 3.50. The highest BCUT2D eigenvalue weighted by Gasteiger charge is 2.69. The first-order valence-electron chi connectivity index (χ1n) is 20.8. The Hall–Kier alpha value is -0.780. The monoisotopic (exact) mass is 784 g/mol. The fourth-order valence-corrected chi connectivity index (χ4v) is 13.2. The van der Waals surface area contributed by atoms with Crippen LogP contribution in [-0.4, -0.2) is 130 Å². The van der Waals surface area contributed by atoms with E-state index in [1.807, 2.05) is 13.8 Å². The zero-order valence-electron chi connectivity index (χ0n) is 34.6. The van der Waals surface area contributed by atoms with Crippen LogP contribution in [0.3, 0.4) is 0 Å². The van der Waals surface area contributed by atoms with Gasteiger partial charge in [-0.05, 0) is 123 Å². The van der Waals surface area contributed by atoms with Crippen molar-refractivity contribution in [2.75, 3.05) is 20.8 Å². The number of allylic oxidation sites excluding steroid dienone is 1. The Bertz CT molecular complexity index is 1350. The molecule has 0 radical (unpaired) electrons. The van der Waals surface area contributed by atoms with Gasteiger partial charge in [0.15, 0.2) is 25.2 Å². The predicted octanol–water partition coefficient (Wildman–Crippen LogP) is 3.37. The molecule has 6 fully saturated rings. The van der Waals surface area contributed by atoms with E-state index in [0.29, 0.717) is 30.6 Å². The average molecular weight is 785 g/mol. The minimum absolute atomic E-state index is 0.0905. The lowest BCUT2D eigenvalue weighted by atomic mass is 9.35. The molecule has 0 aromatic rings. The third-order valence-electron chi connectivity index (χ3n) is 16.6. The number of hydrogen-bond donors (Lipinski definition) is 7. The molecule has 55 heavy (non-hydrogen) atoms. The molecule has 13 heteroatoms. The summed E-state index contributed by atoms with van der Waals surface area (Å²) in [6.07, 6.45) is -1.40. The third-order valence-corrected chi connectivity index (χ3v) is 16.6. The second kappa shape index (κ2) is 16.0. The molecule has 0 amide bonds. The second-order valence-electron chi connectivity index (χ2n) is 19.7. The van der Waals surface area contributed by atoms with Crippen LogP contribution >= 0.6 is 0 Å². The number of fused-ring (bicyclic) bond motifs is 5. The Morgan fingerprint density at radius 3 is 1.87 bits per heavy atom. The molecule has 19 unspecified atom stereocenters. The largest absolute Gasteiger partial charge is 0.390 e. The number of methoxy groups -OCH3 is 2. The smallest absolute Gasteiger partial charge is 0.189 e. The van der Waals surface area contributed by atoms with Gasteiger partial charge in [-0.2, -0.15) is 0 Å². The third kappa shape index (κ3) is 7.42. The lowest BCUT2D eigenvalue weighted by Crippen LogP contribution is -2.65. The summed E-state index contributed by atoms with van der Waals surface area (Å²) in [5.74, 6) is 1.53. The van der Waals surface area contributed by atoms with Crippen molar-refractivity contribution in [2.24, 2.45) is 45.3 Å². The predicted molar refractivity (Wildman–Crippen MR) is 201 cm³/mol. The van der Waals surface area contributed by atoms with Gasteiger partial charge in [0, 0.05) is 14.2 Å². The van der Waals surface area contributed by atoms with Gasteiger partial charge in [-0.15, -0.1) is 0 Å². The van der Waals surface area contributed by atoms with E-state index in [2.05, 4.69) is 40.7 Å².